The highest BCUT2D eigenvalue weighted by molar-refractivity contribution is 6.99. The number of fused-ring (bicyclic) bond motifs is 1. The molecule has 5 amide bonds. The van der Waals surface area contributed by atoms with E-state index in [9.17, 15) is 24.0 Å². The van der Waals surface area contributed by atoms with Crippen LogP contribution in [0.15, 0.2) is 30.3 Å². The fourth-order valence-corrected chi connectivity index (χ4v) is 5.46. The molecule has 0 aliphatic carbocycles. The summed E-state index contributed by atoms with van der Waals surface area (Å²) in [6, 6.07) is 6.70. The molecule has 0 saturated carbocycles. The smallest absolute Gasteiger partial charge is 0.275 e. The minimum Gasteiger partial charge on any atom is -0.354 e. The maximum atomic E-state index is 13.5. The molecule has 246 valence electrons. The summed E-state index contributed by atoms with van der Waals surface area (Å²) in [7, 11) is 0. The Kier molecular flexibility index (Phi) is 11.5. The monoisotopic (exact) mass is 652 g/mol. The Labute approximate surface area is 271 Å². The van der Waals surface area contributed by atoms with E-state index in [0.29, 0.717) is 30.2 Å². The van der Waals surface area contributed by atoms with Gasteiger partial charge in [0, 0.05) is 18.7 Å². The van der Waals surface area contributed by atoms with E-state index in [1.54, 1.807) is 13.8 Å². The highest BCUT2D eigenvalue weighted by atomic mass is 32.1. The molecule has 3 atom stereocenters. The lowest BCUT2D eigenvalue weighted by atomic mass is 10.0. The first-order valence-electron chi connectivity index (χ1n) is 15.2. The summed E-state index contributed by atoms with van der Waals surface area (Å²) in [4.78, 5) is 72.0. The van der Waals surface area contributed by atoms with Crippen LogP contribution < -0.4 is 21.3 Å². The first-order chi connectivity index (χ1) is 21.9. The summed E-state index contributed by atoms with van der Waals surface area (Å²) < 4.78 is 9.58. The Hall–Kier alpha value is -4.73. The fourth-order valence-electron chi connectivity index (χ4n) is 4.92. The Bertz CT molecular complexity index is 1560. The lowest BCUT2D eigenvalue weighted by Crippen LogP contribution is -2.54. The van der Waals surface area contributed by atoms with Gasteiger partial charge in [-0.3, -0.25) is 24.0 Å². The minimum absolute atomic E-state index is 0.0538. The van der Waals surface area contributed by atoms with Gasteiger partial charge in [-0.1, -0.05) is 44.2 Å². The lowest BCUT2D eigenvalue weighted by Gasteiger charge is -2.25. The topological polar surface area (TPSA) is 193 Å². The van der Waals surface area contributed by atoms with Crippen molar-refractivity contribution in [2.45, 2.75) is 72.1 Å². The summed E-state index contributed by atoms with van der Waals surface area (Å²) >= 11 is 0.893. The summed E-state index contributed by atoms with van der Waals surface area (Å²) in [6.07, 6.45) is 0.666. The number of nitrogens with zero attached hydrogens (tertiary/aromatic N) is 6. The van der Waals surface area contributed by atoms with Crippen molar-refractivity contribution >= 4 is 41.3 Å². The van der Waals surface area contributed by atoms with Gasteiger partial charge in [-0.2, -0.15) is 13.8 Å². The van der Waals surface area contributed by atoms with Gasteiger partial charge in [-0.25, -0.2) is 9.67 Å². The van der Waals surface area contributed by atoms with Gasteiger partial charge >= 0.3 is 0 Å². The molecule has 3 heterocycles. The first kappa shape index (κ1) is 34.1. The second-order valence-corrected chi connectivity index (χ2v) is 12.2. The zero-order chi connectivity index (χ0) is 33.4. The van der Waals surface area contributed by atoms with E-state index < -0.39 is 41.8 Å². The average molecular weight is 653 g/mol. The molecule has 1 aliphatic heterocycles. The van der Waals surface area contributed by atoms with Gasteiger partial charge in [-0.05, 0) is 39.5 Å². The van der Waals surface area contributed by atoms with E-state index in [1.807, 2.05) is 44.2 Å². The van der Waals surface area contributed by atoms with Crippen LogP contribution in [0, 0.1) is 12.8 Å². The number of aryl methyl sites for hydroxylation is 1. The molecular weight excluding hydrogens is 612 g/mol. The van der Waals surface area contributed by atoms with Crippen molar-refractivity contribution in [3.63, 3.8) is 0 Å². The predicted octanol–water partition coefficient (Wildman–Crippen LogP) is 0.980. The fraction of sp³-hybridized carbons (Fsp3) is 0.500. The van der Waals surface area contributed by atoms with E-state index >= 15 is 0 Å². The zero-order valence-electron chi connectivity index (χ0n) is 26.6. The van der Waals surface area contributed by atoms with Crippen molar-refractivity contribution in [3.05, 3.63) is 47.5 Å². The molecule has 0 spiro atoms. The normalized spacial score (nSPS) is 20.8. The van der Waals surface area contributed by atoms with E-state index in [-0.39, 0.29) is 43.7 Å². The number of benzene rings is 1. The van der Waals surface area contributed by atoms with Crippen molar-refractivity contribution in [2.24, 2.45) is 5.92 Å². The average Bonchev–Trinajstić information content (AvgIpc) is 3.63. The molecule has 16 heteroatoms. The third-order valence-corrected chi connectivity index (χ3v) is 7.91. The van der Waals surface area contributed by atoms with Crippen LogP contribution in [0.5, 0.6) is 0 Å². The Morgan fingerprint density at radius 2 is 1.70 bits per heavy atom. The van der Waals surface area contributed by atoms with Crippen LogP contribution in [-0.4, -0.2) is 89.7 Å². The molecule has 3 aromatic rings. The predicted molar refractivity (Wildman–Crippen MR) is 169 cm³/mol. The van der Waals surface area contributed by atoms with Crippen molar-refractivity contribution in [1.29, 1.82) is 0 Å². The number of carbonyl (C=O) groups is 5. The molecule has 1 aromatic carbocycles. The van der Waals surface area contributed by atoms with Crippen molar-refractivity contribution in [3.8, 4) is 11.4 Å². The third-order valence-electron chi connectivity index (χ3n) is 7.29. The SMILES string of the molecule is Cc1nsnc1C(=O)N1CCCNC(=O)Cn2nc(-c3ccccc3)nc2[C@H](C)NC(=O)[C@@H](CC(C)C)NC(=O)[C@@H](C)NC(=O)C1. The van der Waals surface area contributed by atoms with Crippen molar-refractivity contribution < 1.29 is 24.0 Å². The molecule has 0 fully saturated rings. The highest BCUT2D eigenvalue weighted by Gasteiger charge is 2.29. The van der Waals surface area contributed by atoms with Gasteiger partial charge in [0.1, 0.15) is 24.5 Å². The van der Waals surface area contributed by atoms with Gasteiger partial charge in [-0.15, -0.1) is 0 Å². The maximum absolute atomic E-state index is 13.5. The van der Waals surface area contributed by atoms with Crippen LogP contribution in [0.4, 0.5) is 0 Å². The zero-order valence-corrected chi connectivity index (χ0v) is 27.4. The molecule has 0 unspecified atom stereocenters. The van der Waals surface area contributed by atoms with E-state index in [1.165, 1.54) is 16.5 Å². The molecule has 15 nitrogen and oxygen atoms in total. The molecule has 0 radical (unpaired) electrons. The second kappa shape index (κ2) is 15.5. The van der Waals surface area contributed by atoms with E-state index in [0.717, 1.165) is 17.3 Å². The Morgan fingerprint density at radius 3 is 2.37 bits per heavy atom. The summed E-state index contributed by atoms with van der Waals surface area (Å²) in [5.74, 6) is -1.60. The van der Waals surface area contributed by atoms with Crippen LogP contribution >= 0.6 is 11.7 Å². The van der Waals surface area contributed by atoms with Gasteiger partial charge in [0.05, 0.1) is 30.0 Å². The maximum Gasteiger partial charge on any atom is 0.275 e. The van der Waals surface area contributed by atoms with Crippen LogP contribution in [0.25, 0.3) is 11.4 Å². The molecule has 4 rings (SSSR count). The summed E-state index contributed by atoms with van der Waals surface area (Å²) in [5.41, 5.74) is 1.32. The van der Waals surface area contributed by atoms with Crippen LogP contribution in [0.2, 0.25) is 0 Å². The molecule has 0 saturated heterocycles. The molecule has 1 aliphatic rings. The van der Waals surface area contributed by atoms with Crippen LogP contribution in [0.1, 0.15) is 68.6 Å². The van der Waals surface area contributed by atoms with Gasteiger partial charge in [0.25, 0.3) is 5.91 Å². The summed E-state index contributed by atoms with van der Waals surface area (Å²) in [5, 5.41) is 15.7. The number of aromatic nitrogens is 5. The number of carbonyl (C=O) groups excluding carboxylic acids is 5. The van der Waals surface area contributed by atoms with Gasteiger partial charge < -0.3 is 26.2 Å². The van der Waals surface area contributed by atoms with Crippen LogP contribution in [-0.2, 0) is 25.7 Å². The molecule has 2 aromatic heterocycles. The number of amides is 5. The first-order valence-corrected chi connectivity index (χ1v) is 15.9. The largest absolute Gasteiger partial charge is 0.354 e. The van der Waals surface area contributed by atoms with Gasteiger partial charge in [0.15, 0.2) is 11.5 Å². The number of rotatable bonds is 4. The standard InChI is InChI=1S/C30H40N10O5S/c1-17(2)14-22-29(44)33-19(4)27-35-26(21-10-7-6-8-11-21)36-40(27)16-23(41)31-12-9-13-39(30(45)25-18(3)37-46-38-25)15-24(42)32-20(5)28(43)34-22/h6-8,10-11,17,19-20,22H,9,12-16H2,1-5H3,(H,31,41)(H,32,42)(H,33,44)(H,34,43)/t19-,20+,22+/m0/s1. The number of nitrogens with one attached hydrogen (secondary N) is 4. The highest BCUT2D eigenvalue weighted by Crippen LogP contribution is 2.19. The number of hydrogen-bond donors (Lipinski definition) is 4. The van der Waals surface area contributed by atoms with Crippen molar-refractivity contribution in [1.82, 2.24) is 49.7 Å². The molecule has 0 bridgehead atoms. The second-order valence-electron chi connectivity index (χ2n) is 11.7. The third kappa shape index (κ3) is 8.93. The lowest BCUT2D eigenvalue weighted by molar-refractivity contribution is -0.132. The van der Waals surface area contributed by atoms with Crippen molar-refractivity contribution in [2.75, 3.05) is 19.6 Å². The molecule has 4 N–H and O–H groups in total. The Balaban J connectivity index is 1.63. The number of hydrogen-bond acceptors (Lipinski definition) is 10. The minimum atomic E-state index is -0.995. The van der Waals surface area contributed by atoms with Gasteiger partial charge in [0.2, 0.25) is 23.6 Å². The van der Waals surface area contributed by atoms with E-state index in [2.05, 4.69) is 40.1 Å². The summed E-state index contributed by atoms with van der Waals surface area (Å²) in [6.45, 7) is 8.55. The molecule has 46 heavy (non-hydrogen) atoms. The van der Waals surface area contributed by atoms with E-state index in [4.69, 9.17) is 0 Å². The quantitative estimate of drug-likeness (QED) is 0.318. The molecular formula is C30H40N10O5S. The Morgan fingerprint density at radius 1 is 0.957 bits per heavy atom. The van der Waals surface area contributed by atoms with Crippen LogP contribution in [0.3, 0.4) is 0 Å².